The third kappa shape index (κ3) is 3.97. The van der Waals surface area contributed by atoms with Crippen LogP contribution in [-0.4, -0.2) is 19.5 Å². The molecule has 0 saturated heterocycles. The maximum absolute atomic E-state index is 12.3. The summed E-state index contributed by atoms with van der Waals surface area (Å²) in [5.41, 5.74) is 5.19. The standard InChI is InChI=1S/C21H26N2O/c1-16(18-13-12-17-8-6-7-9-19(17)14-18)22-21(24)15-23(2)20-10-4-3-5-11-20/h3-5,10-14,16H,6-9,15H2,1-2H3,(H,22,24). The van der Waals surface area contributed by atoms with Crippen LogP contribution in [0.1, 0.15) is 42.5 Å². The van der Waals surface area contributed by atoms with Crippen molar-refractivity contribution in [3.63, 3.8) is 0 Å². The number of carbonyl (C=O) groups is 1. The summed E-state index contributed by atoms with van der Waals surface area (Å²) in [7, 11) is 1.94. The van der Waals surface area contributed by atoms with Crippen molar-refractivity contribution in [3.8, 4) is 0 Å². The fourth-order valence-corrected chi connectivity index (χ4v) is 3.38. The van der Waals surface area contributed by atoms with Gasteiger partial charge in [0.1, 0.15) is 0 Å². The van der Waals surface area contributed by atoms with Crippen LogP contribution in [0.15, 0.2) is 48.5 Å². The molecule has 24 heavy (non-hydrogen) atoms. The fraction of sp³-hybridized carbons (Fsp3) is 0.381. The van der Waals surface area contributed by atoms with Crippen molar-refractivity contribution in [1.29, 1.82) is 0 Å². The topological polar surface area (TPSA) is 32.3 Å². The number of amides is 1. The number of hydrogen-bond acceptors (Lipinski definition) is 2. The second-order valence-electron chi connectivity index (χ2n) is 6.72. The summed E-state index contributed by atoms with van der Waals surface area (Å²) in [5, 5.41) is 3.12. The summed E-state index contributed by atoms with van der Waals surface area (Å²) in [4.78, 5) is 14.3. The molecule has 0 spiro atoms. The molecule has 0 fully saturated rings. The van der Waals surface area contributed by atoms with Crippen molar-refractivity contribution in [2.24, 2.45) is 0 Å². The lowest BCUT2D eigenvalue weighted by Gasteiger charge is -2.22. The van der Waals surface area contributed by atoms with E-state index in [4.69, 9.17) is 0 Å². The lowest BCUT2D eigenvalue weighted by atomic mass is 9.89. The summed E-state index contributed by atoms with van der Waals surface area (Å²) in [5.74, 6) is 0.0478. The average molecular weight is 322 g/mol. The summed E-state index contributed by atoms with van der Waals surface area (Å²) in [6.07, 6.45) is 4.93. The third-order valence-corrected chi connectivity index (χ3v) is 4.83. The monoisotopic (exact) mass is 322 g/mol. The molecule has 1 aliphatic rings. The van der Waals surface area contributed by atoms with Crippen LogP contribution in [0.3, 0.4) is 0 Å². The van der Waals surface area contributed by atoms with Gasteiger partial charge in [0.05, 0.1) is 12.6 Å². The molecule has 0 bridgehead atoms. The number of anilines is 1. The first-order valence-electron chi connectivity index (χ1n) is 8.81. The van der Waals surface area contributed by atoms with E-state index in [0.717, 1.165) is 5.69 Å². The van der Waals surface area contributed by atoms with Gasteiger partial charge in [-0.25, -0.2) is 0 Å². The van der Waals surface area contributed by atoms with Crippen LogP contribution in [0, 0.1) is 0 Å². The number of hydrogen-bond donors (Lipinski definition) is 1. The predicted octanol–water partition coefficient (Wildman–Crippen LogP) is 3.88. The van der Waals surface area contributed by atoms with Gasteiger partial charge in [0.25, 0.3) is 0 Å². The van der Waals surface area contributed by atoms with Crippen LogP contribution in [0.2, 0.25) is 0 Å². The maximum atomic E-state index is 12.3. The van der Waals surface area contributed by atoms with Crippen molar-refractivity contribution in [2.45, 2.75) is 38.6 Å². The number of nitrogens with one attached hydrogen (secondary N) is 1. The molecule has 0 aromatic heterocycles. The van der Waals surface area contributed by atoms with E-state index in [-0.39, 0.29) is 11.9 Å². The molecular formula is C21H26N2O. The number of carbonyl (C=O) groups excluding carboxylic acids is 1. The molecule has 1 N–H and O–H groups in total. The first-order valence-corrected chi connectivity index (χ1v) is 8.81. The SMILES string of the molecule is CC(NC(=O)CN(C)c1ccccc1)c1ccc2c(c1)CCCC2. The van der Waals surface area contributed by atoms with E-state index >= 15 is 0 Å². The zero-order valence-electron chi connectivity index (χ0n) is 14.6. The molecule has 1 unspecified atom stereocenters. The van der Waals surface area contributed by atoms with E-state index in [1.54, 1.807) is 0 Å². The minimum atomic E-state index is 0.0360. The first kappa shape index (κ1) is 16.6. The van der Waals surface area contributed by atoms with Crippen LogP contribution in [0.5, 0.6) is 0 Å². The molecule has 1 atom stereocenters. The minimum absolute atomic E-state index is 0.0360. The Balaban J connectivity index is 1.60. The summed E-state index contributed by atoms with van der Waals surface area (Å²) in [6.45, 7) is 2.42. The Morgan fingerprint density at radius 2 is 1.79 bits per heavy atom. The molecule has 1 amide bonds. The molecule has 3 rings (SSSR count). The second-order valence-corrected chi connectivity index (χ2v) is 6.72. The minimum Gasteiger partial charge on any atom is -0.365 e. The Kier molecular flexibility index (Phi) is 5.19. The predicted molar refractivity (Wildman–Crippen MR) is 99.4 cm³/mol. The zero-order valence-corrected chi connectivity index (χ0v) is 14.6. The van der Waals surface area contributed by atoms with Crippen molar-refractivity contribution in [3.05, 3.63) is 65.2 Å². The molecular weight excluding hydrogens is 296 g/mol. The van der Waals surface area contributed by atoms with Gasteiger partial charge in [-0.05, 0) is 61.4 Å². The highest BCUT2D eigenvalue weighted by atomic mass is 16.2. The number of rotatable bonds is 5. The van der Waals surface area contributed by atoms with E-state index in [9.17, 15) is 4.79 Å². The van der Waals surface area contributed by atoms with E-state index in [1.807, 2.05) is 42.3 Å². The van der Waals surface area contributed by atoms with E-state index in [1.165, 1.54) is 42.4 Å². The van der Waals surface area contributed by atoms with Crippen molar-refractivity contribution in [1.82, 2.24) is 5.32 Å². The highest BCUT2D eigenvalue weighted by Crippen LogP contribution is 2.24. The molecule has 0 saturated carbocycles. The molecule has 2 aromatic carbocycles. The van der Waals surface area contributed by atoms with Crippen molar-refractivity contribution >= 4 is 11.6 Å². The Bertz CT molecular complexity index is 696. The molecule has 126 valence electrons. The van der Waals surface area contributed by atoms with Gasteiger partial charge < -0.3 is 10.2 Å². The van der Waals surface area contributed by atoms with Crippen LogP contribution < -0.4 is 10.2 Å². The van der Waals surface area contributed by atoms with Gasteiger partial charge in [0, 0.05) is 12.7 Å². The first-order chi connectivity index (χ1) is 11.6. The van der Waals surface area contributed by atoms with Gasteiger partial charge in [0.15, 0.2) is 0 Å². The molecule has 0 aliphatic heterocycles. The number of aryl methyl sites for hydroxylation is 2. The van der Waals surface area contributed by atoms with Gasteiger partial charge >= 0.3 is 0 Å². The van der Waals surface area contributed by atoms with Crippen molar-refractivity contribution in [2.75, 3.05) is 18.5 Å². The van der Waals surface area contributed by atoms with Gasteiger partial charge in [-0.2, -0.15) is 0 Å². The van der Waals surface area contributed by atoms with Crippen LogP contribution in [0.25, 0.3) is 0 Å². The van der Waals surface area contributed by atoms with E-state index < -0.39 is 0 Å². The Morgan fingerprint density at radius 1 is 1.08 bits per heavy atom. The quantitative estimate of drug-likeness (QED) is 0.906. The smallest absolute Gasteiger partial charge is 0.239 e. The van der Waals surface area contributed by atoms with E-state index in [0.29, 0.717) is 6.54 Å². The second kappa shape index (κ2) is 7.52. The molecule has 3 nitrogen and oxygen atoms in total. The van der Waals surface area contributed by atoms with Crippen molar-refractivity contribution < 1.29 is 4.79 Å². The van der Waals surface area contributed by atoms with Crippen LogP contribution in [0.4, 0.5) is 5.69 Å². The molecule has 1 aliphatic carbocycles. The maximum Gasteiger partial charge on any atom is 0.239 e. The molecule has 0 heterocycles. The third-order valence-electron chi connectivity index (χ3n) is 4.83. The average Bonchev–Trinajstić information content (AvgIpc) is 2.61. The number of fused-ring (bicyclic) bond motifs is 1. The number of para-hydroxylation sites is 1. The van der Waals surface area contributed by atoms with Gasteiger partial charge in [-0.15, -0.1) is 0 Å². The normalized spacial score (nSPS) is 14.6. The number of nitrogens with zero attached hydrogens (tertiary/aromatic N) is 1. The molecule has 0 radical (unpaired) electrons. The fourth-order valence-electron chi connectivity index (χ4n) is 3.38. The van der Waals surface area contributed by atoms with Gasteiger partial charge in [-0.3, -0.25) is 4.79 Å². The molecule has 3 heteroatoms. The Hall–Kier alpha value is -2.29. The lowest BCUT2D eigenvalue weighted by Crippen LogP contribution is -2.36. The van der Waals surface area contributed by atoms with Crippen LogP contribution in [-0.2, 0) is 17.6 Å². The number of likely N-dealkylation sites (N-methyl/N-ethyl adjacent to an activating group) is 1. The summed E-state index contributed by atoms with van der Waals surface area (Å²) >= 11 is 0. The van der Waals surface area contributed by atoms with Gasteiger partial charge in [-0.1, -0.05) is 36.4 Å². The zero-order chi connectivity index (χ0) is 16.9. The highest BCUT2D eigenvalue weighted by molar-refractivity contribution is 5.81. The van der Waals surface area contributed by atoms with Gasteiger partial charge in [0.2, 0.25) is 5.91 Å². The number of benzene rings is 2. The van der Waals surface area contributed by atoms with Crippen LogP contribution >= 0.6 is 0 Å². The summed E-state index contributed by atoms with van der Waals surface area (Å²) < 4.78 is 0. The van der Waals surface area contributed by atoms with E-state index in [2.05, 4.69) is 30.4 Å². The Labute approximate surface area is 144 Å². The lowest BCUT2D eigenvalue weighted by molar-refractivity contribution is -0.120. The highest BCUT2D eigenvalue weighted by Gasteiger charge is 2.15. The Morgan fingerprint density at radius 3 is 2.54 bits per heavy atom. The molecule has 2 aromatic rings. The summed E-state index contributed by atoms with van der Waals surface area (Å²) in [6, 6.07) is 16.7. The largest absolute Gasteiger partial charge is 0.365 e.